The van der Waals surface area contributed by atoms with Gasteiger partial charge in [-0.1, -0.05) is 22.9 Å². The second kappa shape index (κ2) is 8.21. The maximum Gasteiger partial charge on any atom is 0.245 e. The van der Waals surface area contributed by atoms with Crippen molar-refractivity contribution in [3.8, 4) is 5.75 Å². The summed E-state index contributed by atoms with van der Waals surface area (Å²) in [5.74, 6) is 1.46. The van der Waals surface area contributed by atoms with Crippen LogP contribution in [0.3, 0.4) is 0 Å². The fourth-order valence-electron chi connectivity index (χ4n) is 4.18. The number of likely N-dealkylation sites (tertiary alicyclic amines) is 1. The molecule has 2 amide bonds. The number of hydrogen-bond acceptors (Lipinski definition) is 3. The molecule has 1 aliphatic carbocycles. The zero-order valence-electron chi connectivity index (χ0n) is 16.4. The zero-order chi connectivity index (χ0) is 19.6. The molecule has 2 fully saturated rings. The summed E-state index contributed by atoms with van der Waals surface area (Å²) in [5, 5.41) is 3.22. The highest BCUT2D eigenvalue weighted by Gasteiger charge is 2.47. The van der Waals surface area contributed by atoms with Crippen LogP contribution in [0.4, 0.5) is 0 Å². The van der Waals surface area contributed by atoms with Gasteiger partial charge < -0.3 is 15.0 Å². The average molecular weight is 437 g/mol. The Hall–Kier alpha value is -1.56. The van der Waals surface area contributed by atoms with Crippen molar-refractivity contribution in [2.75, 3.05) is 7.11 Å². The summed E-state index contributed by atoms with van der Waals surface area (Å²) in [7, 11) is 1.62. The van der Waals surface area contributed by atoms with Crippen LogP contribution in [0.2, 0.25) is 0 Å². The molecule has 0 radical (unpaired) electrons. The number of halogens is 1. The minimum absolute atomic E-state index is 0.0203. The Morgan fingerprint density at radius 1 is 1.33 bits per heavy atom. The summed E-state index contributed by atoms with van der Waals surface area (Å²) in [6.07, 6.45) is 5.31. The van der Waals surface area contributed by atoms with Gasteiger partial charge in [0.25, 0.3) is 0 Å². The fraction of sp³-hybridized carbons (Fsp3) is 0.619. The average Bonchev–Trinajstić information content (AvgIpc) is 2.93. The molecule has 1 saturated carbocycles. The lowest BCUT2D eigenvalue weighted by molar-refractivity contribution is -0.141. The monoisotopic (exact) mass is 436 g/mol. The Morgan fingerprint density at radius 3 is 2.70 bits per heavy atom. The van der Waals surface area contributed by atoms with E-state index in [1.54, 1.807) is 12.0 Å². The predicted molar refractivity (Wildman–Crippen MR) is 108 cm³/mol. The molecule has 1 atom stereocenters. The Kier molecular flexibility index (Phi) is 6.14. The topological polar surface area (TPSA) is 58.6 Å². The number of nitrogens with one attached hydrogen (secondary N) is 1. The first-order chi connectivity index (χ1) is 12.8. The van der Waals surface area contributed by atoms with E-state index in [1.807, 2.05) is 25.1 Å². The van der Waals surface area contributed by atoms with Crippen LogP contribution in [0.5, 0.6) is 5.75 Å². The lowest BCUT2D eigenvalue weighted by Crippen LogP contribution is -2.56. The van der Waals surface area contributed by atoms with Crippen molar-refractivity contribution < 1.29 is 14.3 Å². The standard InChI is InChI=1S/C21H29BrN2O3/c1-14-4-7-17(8-5-14)23-20(26)21(2)11-10-19(25)24(21)13-15-12-16(22)6-9-18(15)27-3/h6,9,12,14,17H,4-5,7-8,10-11,13H2,1-3H3,(H,23,26). The highest BCUT2D eigenvalue weighted by Crippen LogP contribution is 2.35. The Morgan fingerprint density at radius 2 is 2.04 bits per heavy atom. The third kappa shape index (κ3) is 4.31. The minimum Gasteiger partial charge on any atom is -0.496 e. The number of carbonyl (C=O) groups is 2. The molecule has 6 heteroatoms. The van der Waals surface area contributed by atoms with Gasteiger partial charge >= 0.3 is 0 Å². The molecule has 0 spiro atoms. The van der Waals surface area contributed by atoms with E-state index in [0.717, 1.165) is 47.4 Å². The van der Waals surface area contributed by atoms with Crippen LogP contribution in [0.15, 0.2) is 22.7 Å². The van der Waals surface area contributed by atoms with Gasteiger partial charge in [0.2, 0.25) is 11.8 Å². The number of nitrogens with zero attached hydrogens (tertiary/aromatic N) is 1. The molecule has 2 aliphatic rings. The molecule has 1 unspecified atom stereocenters. The van der Waals surface area contributed by atoms with Gasteiger partial charge in [-0.3, -0.25) is 9.59 Å². The molecule has 1 heterocycles. The number of benzene rings is 1. The lowest BCUT2D eigenvalue weighted by Gasteiger charge is -2.36. The largest absolute Gasteiger partial charge is 0.496 e. The van der Waals surface area contributed by atoms with E-state index in [4.69, 9.17) is 4.74 Å². The van der Waals surface area contributed by atoms with E-state index < -0.39 is 5.54 Å². The highest BCUT2D eigenvalue weighted by molar-refractivity contribution is 9.10. The van der Waals surface area contributed by atoms with Gasteiger partial charge in [0, 0.05) is 22.5 Å². The van der Waals surface area contributed by atoms with E-state index in [0.29, 0.717) is 19.4 Å². The molecule has 148 valence electrons. The van der Waals surface area contributed by atoms with Crippen molar-refractivity contribution in [1.82, 2.24) is 10.2 Å². The number of hydrogen-bond donors (Lipinski definition) is 1. The molecule has 27 heavy (non-hydrogen) atoms. The minimum atomic E-state index is -0.812. The summed E-state index contributed by atoms with van der Waals surface area (Å²) >= 11 is 3.48. The second-order valence-electron chi connectivity index (χ2n) is 8.14. The molecule has 1 aromatic carbocycles. The SMILES string of the molecule is COc1ccc(Br)cc1CN1C(=O)CCC1(C)C(=O)NC1CCC(C)CC1. The first-order valence-electron chi connectivity index (χ1n) is 9.77. The smallest absolute Gasteiger partial charge is 0.245 e. The molecule has 5 nitrogen and oxygen atoms in total. The normalized spacial score (nSPS) is 28.3. The molecular weight excluding hydrogens is 408 g/mol. The lowest BCUT2D eigenvalue weighted by atomic mass is 9.86. The summed E-state index contributed by atoms with van der Waals surface area (Å²) in [6, 6.07) is 5.96. The van der Waals surface area contributed by atoms with Crippen LogP contribution in [0.25, 0.3) is 0 Å². The maximum atomic E-state index is 13.1. The van der Waals surface area contributed by atoms with Crippen LogP contribution in [-0.2, 0) is 16.1 Å². The quantitative estimate of drug-likeness (QED) is 0.757. The van der Waals surface area contributed by atoms with Crippen LogP contribution in [0.1, 0.15) is 57.9 Å². The van der Waals surface area contributed by atoms with E-state index >= 15 is 0 Å². The maximum absolute atomic E-state index is 13.1. The summed E-state index contributed by atoms with van der Waals surface area (Å²) in [4.78, 5) is 27.5. The van der Waals surface area contributed by atoms with Crippen LogP contribution in [-0.4, -0.2) is 35.4 Å². The number of amides is 2. The zero-order valence-corrected chi connectivity index (χ0v) is 18.0. The Balaban J connectivity index is 1.76. The number of methoxy groups -OCH3 is 1. The Labute approximate surface area is 170 Å². The fourth-order valence-corrected chi connectivity index (χ4v) is 4.59. The van der Waals surface area contributed by atoms with Gasteiger partial charge in [-0.25, -0.2) is 0 Å². The molecule has 0 aromatic heterocycles. The number of ether oxygens (including phenoxy) is 1. The van der Waals surface area contributed by atoms with Gasteiger partial charge in [0.15, 0.2) is 0 Å². The van der Waals surface area contributed by atoms with Crippen molar-refractivity contribution in [1.29, 1.82) is 0 Å². The van der Waals surface area contributed by atoms with E-state index in [2.05, 4.69) is 28.2 Å². The summed E-state index contributed by atoms with van der Waals surface area (Å²) in [6.45, 7) is 4.53. The third-order valence-electron chi connectivity index (χ3n) is 6.13. The highest BCUT2D eigenvalue weighted by atomic mass is 79.9. The molecule has 1 saturated heterocycles. The molecule has 0 bridgehead atoms. The summed E-state index contributed by atoms with van der Waals surface area (Å²) < 4.78 is 6.37. The van der Waals surface area contributed by atoms with Crippen molar-refractivity contribution in [3.05, 3.63) is 28.2 Å². The second-order valence-corrected chi connectivity index (χ2v) is 9.06. The van der Waals surface area contributed by atoms with Crippen molar-refractivity contribution in [2.45, 2.75) is 70.5 Å². The molecule has 1 aromatic rings. The van der Waals surface area contributed by atoms with E-state index in [-0.39, 0.29) is 17.9 Å². The first-order valence-corrected chi connectivity index (χ1v) is 10.6. The van der Waals surface area contributed by atoms with Gasteiger partial charge in [0.1, 0.15) is 11.3 Å². The van der Waals surface area contributed by atoms with Crippen LogP contribution < -0.4 is 10.1 Å². The predicted octanol–water partition coefficient (Wildman–Crippen LogP) is 4.03. The molecule has 1 N–H and O–H groups in total. The first kappa shape index (κ1) is 20.2. The van der Waals surface area contributed by atoms with Crippen molar-refractivity contribution >= 4 is 27.7 Å². The van der Waals surface area contributed by atoms with E-state index in [9.17, 15) is 9.59 Å². The van der Waals surface area contributed by atoms with E-state index in [1.165, 1.54) is 0 Å². The van der Waals surface area contributed by atoms with Gasteiger partial charge in [0.05, 0.1) is 13.7 Å². The Bertz CT molecular complexity index is 715. The number of carbonyl (C=O) groups excluding carboxylic acids is 2. The van der Waals surface area contributed by atoms with Crippen LogP contribution >= 0.6 is 15.9 Å². The van der Waals surface area contributed by atoms with Crippen molar-refractivity contribution in [2.24, 2.45) is 5.92 Å². The van der Waals surface area contributed by atoms with Gasteiger partial charge in [-0.05, 0) is 63.1 Å². The van der Waals surface area contributed by atoms with Gasteiger partial charge in [-0.15, -0.1) is 0 Å². The number of rotatable bonds is 5. The summed E-state index contributed by atoms with van der Waals surface area (Å²) in [5.41, 5.74) is 0.0839. The molecular formula is C21H29BrN2O3. The third-order valence-corrected chi connectivity index (χ3v) is 6.63. The van der Waals surface area contributed by atoms with Crippen LogP contribution in [0, 0.1) is 5.92 Å². The van der Waals surface area contributed by atoms with Gasteiger partial charge in [-0.2, -0.15) is 0 Å². The van der Waals surface area contributed by atoms with Crippen molar-refractivity contribution in [3.63, 3.8) is 0 Å². The molecule has 3 rings (SSSR count). The molecule has 1 aliphatic heterocycles.